The van der Waals surface area contributed by atoms with E-state index in [0.29, 0.717) is 30.9 Å². The highest BCUT2D eigenvalue weighted by molar-refractivity contribution is 6.34. The van der Waals surface area contributed by atoms with E-state index in [-0.39, 0.29) is 47.3 Å². The zero-order chi connectivity index (χ0) is 27.4. The lowest BCUT2D eigenvalue weighted by Gasteiger charge is -2.35. The van der Waals surface area contributed by atoms with Crippen molar-refractivity contribution in [2.24, 2.45) is 11.7 Å². The molecule has 1 atom stereocenters. The molecule has 4 aromatic rings. The van der Waals surface area contributed by atoms with E-state index < -0.39 is 11.7 Å². The largest absolute Gasteiger partial charge is 0.479 e. The predicted octanol–water partition coefficient (Wildman–Crippen LogP) is 4.52. The smallest absolute Gasteiger partial charge is 0.352 e. The maximum absolute atomic E-state index is 13.9. The lowest BCUT2D eigenvalue weighted by molar-refractivity contribution is 0.0601. The zero-order valence-corrected chi connectivity index (χ0v) is 24.1. The molecule has 2 N–H and O–H groups in total. The normalized spacial score (nSPS) is 11.9. The fourth-order valence-corrected chi connectivity index (χ4v) is 4.78. The van der Waals surface area contributed by atoms with E-state index in [4.69, 9.17) is 27.1 Å². The first-order valence-corrected chi connectivity index (χ1v) is 13.0. The van der Waals surface area contributed by atoms with Gasteiger partial charge in [0.25, 0.3) is 11.8 Å². The van der Waals surface area contributed by atoms with Crippen LogP contribution in [0.1, 0.15) is 53.6 Å². The van der Waals surface area contributed by atoms with Gasteiger partial charge in [-0.3, -0.25) is 9.36 Å². The molecule has 1 amide bonds. The number of methoxy groups -OCH3 is 1. The fourth-order valence-electron chi connectivity index (χ4n) is 4.54. The Morgan fingerprint density at radius 2 is 1.79 bits per heavy atom. The Balaban J connectivity index is 0.00000420. The summed E-state index contributed by atoms with van der Waals surface area (Å²) in [6, 6.07) is 16.5. The number of hydrogen-bond donors (Lipinski definition) is 1. The molecule has 0 spiro atoms. The van der Waals surface area contributed by atoms with Crippen molar-refractivity contribution in [1.82, 2.24) is 24.1 Å². The summed E-state index contributed by atoms with van der Waals surface area (Å²) in [5.74, 6) is 0.275. The Morgan fingerprint density at radius 3 is 2.38 bits per heavy atom. The van der Waals surface area contributed by atoms with E-state index in [1.807, 2.05) is 75.4 Å². The minimum atomic E-state index is -0.547. The summed E-state index contributed by atoms with van der Waals surface area (Å²) in [5, 5.41) is 4.37. The quantitative estimate of drug-likeness (QED) is 0.299. The molecule has 0 aliphatic heterocycles. The zero-order valence-electron chi connectivity index (χ0n) is 22.5. The molecule has 9 nitrogen and oxygen atoms in total. The number of amides is 1. The number of aromatic nitrogens is 4. The molecule has 0 aliphatic carbocycles. The number of fused-ring (bicyclic) bond motifs is 1. The van der Waals surface area contributed by atoms with Gasteiger partial charge in [0.15, 0.2) is 5.65 Å². The van der Waals surface area contributed by atoms with E-state index in [1.165, 1.54) is 7.11 Å². The summed E-state index contributed by atoms with van der Waals surface area (Å²) in [6.45, 7) is 7.04. The molecule has 208 valence electrons. The van der Waals surface area contributed by atoms with Crippen LogP contribution < -0.4 is 16.2 Å². The number of benzene rings is 2. The fraction of sp³-hybridized carbons (Fsp3) is 0.357. The molecule has 0 saturated carbocycles. The van der Waals surface area contributed by atoms with Crippen LogP contribution in [0.3, 0.4) is 0 Å². The van der Waals surface area contributed by atoms with Crippen LogP contribution in [0.25, 0.3) is 5.65 Å². The second-order valence-electron chi connectivity index (χ2n) is 9.58. The van der Waals surface area contributed by atoms with Crippen molar-refractivity contribution in [3.8, 4) is 5.88 Å². The third kappa shape index (κ3) is 6.27. The molecule has 0 radical (unpaired) electrons. The van der Waals surface area contributed by atoms with Gasteiger partial charge in [-0.2, -0.15) is 4.52 Å². The van der Waals surface area contributed by atoms with Crippen molar-refractivity contribution in [3.05, 3.63) is 92.6 Å². The number of rotatable bonds is 10. The van der Waals surface area contributed by atoms with Crippen molar-refractivity contribution in [2.45, 2.75) is 39.8 Å². The molecule has 0 saturated heterocycles. The van der Waals surface area contributed by atoms with Gasteiger partial charge in [0.05, 0.1) is 19.7 Å². The molecule has 0 aliphatic rings. The van der Waals surface area contributed by atoms with Crippen molar-refractivity contribution >= 4 is 35.6 Å². The summed E-state index contributed by atoms with van der Waals surface area (Å²) < 4.78 is 7.98. The molecule has 0 fully saturated rings. The molecule has 11 heteroatoms. The third-order valence-corrected chi connectivity index (χ3v) is 6.79. The first-order chi connectivity index (χ1) is 18.3. The maximum atomic E-state index is 13.9. The first kappa shape index (κ1) is 30.1. The number of halogens is 2. The second kappa shape index (κ2) is 13.1. The highest BCUT2D eigenvalue weighted by Gasteiger charge is 2.33. The Hall–Kier alpha value is -3.40. The van der Waals surface area contributed by atoms with Crippen LogP contribution in [0, 0.1) is 12.8 Å². The van der Waals surface area contributed by atoms with Gasteiger partial charge in [-0.15, -0.1) is 17.5 Å². The van der Waals surface area contributed by atoms with Gasteiger partial charge in [0.1, 0.15) is 10.8 Å². The Morgan fingerprint density at radius 1 is 1.13 bits per heavy atom. The van der Waals surface area contributed by atoms with Gasteiger partial charge in [0.2, 0.25) is 0 Å². The van der Waals surface area contributed by atoms with Gasteiger partial charge < -0.3 is 15.4 Å². The number of aryl methyl sites for hydroxylation is 1. The lowest BCUT2D eigenvalue weighted by atomic mass is 9.99. The van der Waals surface area contributed by atoms with E-state index in [9.17, 15) is 9.59 Å². The number of nitrogens with zero attached hydrogens (tertiary/aromatic N) is 5. The average Bonchev–Trinajstić information content (AvgIpc) is 3.24. The van der Waals surface area contributed by atoms with Crippen LogP contribution in [0.15, 0.2) is 59.4 Å². The molecule has 2 aromatic heterocycles. The van der Waals surface area contributed by atoms with Crippen molar-refractivity contribution in [1.29, 1.82) is 0 Å². The van der Waals surface area contributed by atoms with Crippen LogP contribution in [-0.4, -0.2) is 50.2 Å². The number of carbonyl (C=O) groups is 1. The van der Waals surface area contributed by atoms with Gasteiger partial charge in [0, 0.05) is 12.1 Å². The van der Waals surface area contributed by atoms with E-state index in [0.717, 1.165) is 15.6 Å². The van der Waals surface area contributed by atoms with Crippen LogP contribution in [0.4, 0.5) is 0 Å². The molecule has 0 bridgehead atoms. The van der Waals surface area contributed by atoms with E-state index in [1.54, 1.807) is 9.47 Å². The standard InChI is InChI=1S/C28H33ClN6O3.ClH/c1-18(2)23(33(16-8-15-30)27(36)21-13-11-19(3)12-14-21)25-31-24-22(29)26(38-4)32-35(24)28(37)34(25)17-20-9-6-5-7-10-20;/h5-7,9-14,18,23H,8,15-17,30H2,1-4H3;1H. The van der Waals surface area contributed by atoms with Gasteiger partial charge in [-0.05, 0) is 43.5 Å². The summed E-state index contributed by atoms with van der Waals surface area (Å²) in [7, 11) is 1.43. The molecule has 1 unspecified atom stereocenters. The highest BCUT2D eigenvalue weighted by atomic mass is 35.5. The Kier molecular flexibility index (Phi) is 10.1. The average molecular weight is 574 g/mol. The molecular formula is C28H34Cl2N6O3. The molecule has 2 aromatic carbocycles. The third-order valence-electron chi connectivity index (χ3n) is 6.46. The highest BCUT2D eigenvalue weighted by Crippen LogP contribution is 2.32. The molecule has 2 heterocycles. The van der Waals surface area contributed by atoms with Crippen LogP contribution in [0.2, 0.25) is 5.02 Å². The monoisotopic (exact) mass is 572 g/mol. The van der Waals surface area contributed by atoms with Crippen molar-refractivity contribution < 1.29 is 9.53 Å². The van der Waals surface area contributed by atoms with E-state index >= 15 is 0 Å². The van der Waals surface area contributed by atoms with Crippen LogP contribution >= 0.6 is 24.0 Å². The van der Waals surface area contributed by atoms with Gasteiger partial charge in [-0.25, -0.2) is 9.78 Å². The number of ether oxygens (including phenoxy) is 1. The summed E-state index contributed by atoms with van der Waals surface area (Å²) in [5.41, 5.74) is 8.14. The second-order valence-corrected chi connectivity index (χ2v) is 9.96. The van der Waals surface area contributed by atoms with Crippen molar-refractivity contribution in [3.63, 3.8) is 0 Å². The topological polar surface area (TPSA) is 108 Å². The van der Waals surface area contributed by atoms with Crippen LogP contribution in [-0.2, 0) is 6.54 Å². The molecule has 4 rings (SSSR count). The minimum absolute atomic E-state index is 0. The lowest BCUT2D eigenvalue weighted by Crippen LogP contribution is -2.43. The first-order valence-electron chi connectivity index (χ1n) is 12.6. The van der Waals surface area contributed by atoms with Gasteiger partial charge >= 0.3 is 5.69 Å². The summed E-state index contributed by atoms with van der Waals surface area (Å²) in [6.07, 6.45) is 0.591. The Labute approximate surface area is 239 Å². The number of carbonyl (C=O) groups excluding carboxylic acids is 1. The van der Waals surface area contributed by atoms with Gasteiger partial charge in [-0.1, -0.05) is 73.5 Å². The van der Waals surface area contributed by atoms with Crippen molar-refractivity contribution in [2.75, 3.05) is 20.2 Å². The number of nitrogens with two attached hydrogens (primary N) is 1. The maximum Gasteiger partial charge on any atom is 0.352 e. The molecular weight excluding hydrogens is 539 g/mol. The van der Waals surface area contributed by atoms with E-state index in [2.05, 4.69) is 5.10 Å². The van der Waals surface area contributed by atoms with Crippen LogP contribution in [0.5, 0.6) is 5.88 Å². The summed E-state index contributed by atoms with van der Waals surface area (Å²) in [4.78, 5) is 34.4. The SMILES string of the molecule is COc1nn2c(=O)n(Cc3ccccc3)c(C(C(C)C)N(CCCN)C(=O)c3ccc(C)cc3)nc2c1Cl.Cl. The Bertz CT molecular complexity index is 1470. The molecule has 39 heavy (non-hydrogen) atoms. The summed E-state index contributed by atoms with van der Waals surface area (Å²) >= 11 is 6.52. The number of hydrogen-bond acceptors (Lipinski definition) is 6. The minimum Gasteiger partial charge on any atom is -0.479 e. The predicted molar refractivity (Wildman–Crippen MR) is 155 cm³/mol.